The minimum atomic E-state index is -0.0190. The monoisotopic (exact) mass is 244 g/mol. The van der Waals surface area contributed by atoms with Crippen molar-refractivity contribution in [2.24, 2.45) is 10.9 Å². The zero-order valence-electron chi connectivity index (χ0n) is 7.91. The third-order valence-corrected chi connectivity index (χ3v) is 2.99. The number of hydrogen-bond acceptors (Lipinski definition) is 3. The molecule has 1 unspecified atom stereocenters. The Morgan fingerprint density at radius 2 is 2.20 bits per heavy atom. The molecule has 0 bridgehead atoms. The summed E-state index contributed by atoms with van der Waals surface area (Å²) in [7, 11) is 0. The SMILES string of the molecule is NCC1CC(c2ccc(Cl)c(Cl)c2)=NO1. The van der Waals surface area contributed by atoms with Gasteiger partial charge in [-0.25, -0.2) is 0 Å². The smallest absolute Gasteiger partial charge is 0.145 e. The predicted octanol–water partition coefficient (Wildman–Crippen LogP) is 2.45. The number of halogens is 2. The molecule has 0 saturated heterocycles. The maximum atomic E-state index is 5.91. The highest BCUT2D eigenvalue weighted by Gasteiger charge is 2.20. The van der Waals surface area contributed by atoms with Gasteiger partial charge in [0.1, 0.15) is 6.10 Å². The van der Waals surface area contributed by atoms with Gasteiger partial charge >= 0.3 is 0 Å². The first-order chi connectivity index (χ1) is 7.20. The Labute approximate surface area is 97.8 Å². The average molecular weight is 245 g/mol. The Hall–Kier alpha value is -0.770. The van der Waals surface area contributed by atoms with Gasteiger partial charge in [-0.15, -0.1) is 0 Å². The van der Waals surface area contributed by atoms with E-state index in [4.69, 9.17) is 33.8 Å². The minimum Gasteiger partial charge on any atom is -0.390 e. The molecular weight excluding hydrogens is 235 g/mol. The largest absolute Gasteiger partial charge is 0.390 e. The van der Waals surface area contributed by atoms with Gasteiger partial charge in [-0.05, 0) is 12.1 Å². The summed E-state index contributed by atoms with van der Waals surface area (Å²) in [5.41, 5.74) is 7.28. The molecule has 0 aromatic heterocycles. The van der Waals surface area contributed by atoms with Crippen LogP contribution in [0, 0.1) is 0 Å². The summed E-state index contributed by atoms with van der Waals surface area (Å²) in [6.07, 6.45) is 0.698. The summed E-state index contributed by atoms with van der Waals surface area (Å²) in [6, 6.07) is 5.40. The van der Waals surface area contributed by atoms with Gasteiger partial charge in [0.2, 0.25) is 0 Å². The number of hydrogen-bond donors (Lipinski definition) is 1. The molecule has 1 aromatic carbocycles. The Balaban J connectivity index is 2.21. The van der Waals surface area contributed by atoms with Crippen LogP contribution in [0.2, 0.25) is 10.0 Å². The van der Waals surface area contributed by atoms with E-state index in [9.17, 15) is 0 Å². The standard InChI is InChI=1S/C10H10Cl2N2O/c11-8-2-1-6(3-9(8)12)10-4-7(5-13)15-14-10/h1-3,7H,4-5,13H2. The first kappa shape index (κ1) is 10.7. The lowest BCUT2D eigenvalue weighted by atomic mass is 10.1. The normalized spacial score (nSPS) is 19.9. The fourth-order valence-corrected chi connectivity index (χ4v) is 1.70. The average Bonchev–Trinajstić information content (AvgIpc) is 2.70. The van der Waals surface area contributed by atoms with Crippen LogP contribution in [0.5, 0.6) is 0 Å². The summed E-state index contributed by atoms with van der Waals surface area (Å²) < 4.78 is 0. The molecule has 1 heterocycles. The number of oxime groups is 1. The molecule has 15 heavy (non-hydrogen) atoms. The molecule has 2 rings (SSSR count). The van der Waals surface area contributed by atoms with Crippen molar-refractivity contribution in [1.29, 1.82) is 0 Å². The zero-order chi connectivity index (χ0) is 10.8. The van der Waals surface area contributed by atoms with Crippen molar-refractivity contribution in [2.45, 2.75) is 12.5 Å². The van der Waals surface area contributed by atoms with Crippen molar-refractivity contribution in [3.63, 3.8) is 0 Å². The van der Waals surface area contributed by atoms with Crippen LogP contribution >= 0.6 is 23.2 Å². The highest BCUT2D eigenvalue weighted by Crippen LogP contribution is 2.25. The molecule has 0 radical (unpaired) electrons. The van der Waals surface area contributed by atoms with Crippen molar-refractivity contribution >= 4 is 28.9 Å². The first-order valence-electron chi connectivity index (χ1n) is 4.59. The zero-order valence-corrected chi connectivity index (χ0v) is 9.42. The maximum absolute atomic E-state index is 5.91. The summed E-state index contributed by atoms with van der Waals surface area (Å²) >= 11 is 11.7. The van der Waals surface area contributed by atoms with Crippen LogP contribution in [0.3, 0.4) is 0 Å². The van der Waals surface area contributed by atoms with Crippen LogP contribution in [0.15, 0.2) is 23.4 Å². The molecule has 3 nitrogen and oxygen atoms in total. The van der Waals surface area contributed by atoms with E-state index in [0.29, 0.717) is 23.0 Å². The summed E-state index contributed by atoms with van der Waals surface area (Å²) in [5, 5.41) is 5.02. The second-order valence-electron chi connectivity index (χ2n) is 3.33. The molecule has 2 N–H and O–H groups in total. The molecule has 0 fully saturated rings. The lowest BCUT2D eigenvalue weighted by Gasteiger charge is -2.03. The summed E-state index contributed by atoms with van der Waals surface area (Å²) in [4.78, 5) is 5.13. The molecule has 1 aromatic rings. The van der Waals surface area contributed by atoms with Crippen LogP contribution in [-0.2, 0) is 4.84 Å². The van der Waals surface area contributed by atoms with Gasteiger partial charge in [-0.1, -0.05) is 34.4 Å². The second-order valence-corrected chi connectivity index (χ2v) is 4.15. The van der Waals surface area contributed by atoms with Crippen molar-refractivity contribution < 1.29 is 4.84 Å². The molecule has 5 heteroatoms. The lowest BCUT2D eigenvalue weighted by Crippen LogP contribution is -2.20. The molecule has 0 spiro atoms. The molecule has 80 valence electrons. The number of benzene rings is 1. The van der Waals surface area contributed by atoms with Crippen LogP contribution in [0.4, 0.5) is 0 Å². The predicted molar refractivity (Wildman–Crippen MR) is 61.5 cm³/mol. The molecule has 1 atom stereocenters. The molecular formula is C10H10Cl2N2O. The van der Waals surface area contributed by atoms with E-state index >= 15 is 0 Å². The van der Waals surface area contributed by atoms with Crippen LogP contribution in [0.25, 0.3) is 0 Å². The van der Waals surface area contributed by atoms with E-state index in [0.717, 1.165) is 11.3 Å². The Morgan fingerprint density at radius 1 is 1.40 bits per heavy atom. The van der Waals surface area contributed by atoms with Gasteiger partial charge in [-0.3, -0.25) is 0 Å². The van der Waals surface area contributed by atoms with Crippen molar-refractivity contribution in [1.82, 2.24) is 0 Å². The minimum absolute atomic E-state index is 0.0190. The molecule has 0 saturated carbocycles. The molecule has 0 aliphatic carbocycles. The van der Waals surface area contributed by atoms with Crippen molar-refractivity contribution in [3.8, 4) is 0 Å². The molecule has 1 aliphatic heterocycles. The van der Waals surface area contributed by atoms with Gasteiger partial charge in [0.15, 0.2) is 0 Å². The van der Waals surface area contributed by atoms with Gasteiger partial charge < -0.3 is 10.6 Å². The van der Waals surface area contributed by atoms with Gasteiger partial charge in [0.25, 0.3) is 0 Å². The van der Waals surface area contributed by atoms with E-state index in [1.165, 1.54) is 0 Å². The van der Waals surface area contributed by atoms with Gasteiger partial charge in [0, 0.05) is 18.5 Å². The van der Waals surface area contributed by atoms with Crippen LogP contribution < -0.4 is 5.73 Å². The van der Waals surface area contributed by atoms with Crippen molar-refractivity contribution in [3.05, 3.63) is 33.8 Å². The quantitative estimate of drug-likeness (QED) is 0.869. The van der Waals surface area contributed by atoms with Gasteiger partial charge in [-0.2, -0.15) is 0 Å². The van der Waals surface area contributed by atoms with E-state index in [2.05, 4.69) is 5.16 Å². The fraction of sp³-hybridized carbons (Fsp3) is 0.300. The second kappa shape index (κ2) is 4.39. The summed E-state index contributed by atoms with van der Waals surface area (Å²) in [6.45, 7) is 0.467. The number of nitrogens with zero attached hydrogens (tertiary/aromatic N) is 1. The Morgan fingerprint density at radius 3 is 2.80 bits per heavy atom. The van der Waals surface area contributed by atoms with E-state index < -0.39 is 0 Å². The third kappa shape index (κ3) is 2.25. The van der Waals surface area contributed by atoms with E-state index in [-0.39, 0.29) is 6.10 Å². The molecule has 1 aliphatic rings. The Kier molecular flexibility index (Phi) is 3.14. The number of nitrogens with two attached hydrogens (primary N) is 1. The van der Waals surface area contributed by atoms with E-state index in [1.54, 1.807) is 12.1 Å². The maximum Gasteiger partial charge on any atom is 0.145 e. The highest BCUT2D eigenvalue weighted by molar-refractivity contribution is 6.42. The van der Waals surface area contributed by atoms with Crippen LogP contribution in [-0.4, -0.2) is 18.4 Å². The highest BCUT2D eigenvalue weighted by atomic mass is 35.5. The summed E-state index contributed by atoms with van der Waals surface area (Å²) in [5.74, 6) is 0. The van der Waals surface area contributed by atoms with Crippen molar-refractivity contribution in [2.75, 3.05) is 6.54 Å². The first-order valence-corrected chi connectivity index (χ1v) is 5.34. The van der Waals surface area contributed by atoms with Gasteiger partial charge in [0.05, 0.1) is 15.8 Å². The van der Waals surface area contributed by atoms with Crippen LogP contribution in [0.1, 0.15) is 12.0 Å². The lowest BCUT2D eigenvalue weighted by molar-refractivity contribution is 0.0918. The Bertz CT molecular complexity index is 406. The fourth-order valence-electron chi connectivity index (χ4n) is 1.40. The third-order valence-electron chi connectivity index (χ3n) is 2.25. The topological polar surface area (TPSA) is 47.6 Å². The number of rotatable bonds is 2. The molecule has 0 amide bonds. The van der Waals surface area contributed by atoms with E-state index in [1.807, 2.05) is 6.07 Å².